The summed E-state index contributed by atoms with van der Waals surface area (Å²) >= 11 is 7.09. The molecule has 0 radical (unpaired) electrons. The molecule has 3 aromatic carbocycles. The van der Waals surface area contributed by atoms with Crippen molar-refractivity contribution in [3.8, 4) is 0 Å². The van der Waals surface area contributed by atoms with Crippen molar-refractivity contribution in [2.45, 2.75) is 53.5 Å². The Balaban J connectivity index is 1.83. The second-order valence-electron chi connectivity index (χ2n) is 11.4. The van der Waals surface area contributed by atoms with Crippen LogP contribution < -0.4 is 25.4 Å². The summed E-state index contributed by atoms with van der Waals surface area (Å²) in [6, 6.07) is 22.2. The van der Waals surface area contributed by atoms with Crippen molar-refractivity contribution in [1.29, 1.82) is 0 Å². The second-order valence-corrected chi connectivity index (χ2v) is 11.8. The number of anilines is 2. The molecule has 1 aliphatic rings. The molecule has 0 saturated heterocycles. The van der Waals surface area contributed by atoms with Crippen LogP contribution in [0.2, 0.25) is 5.02 Å². The van der Waals surface area contributed by atoms with Gasteiger partial charge in [0.25, 0.3) is 0 Å². The minimum Gasteiger partial charge on any atom is -0.375 e. The van der Waals surface area contributed by atoms with Gasteiger partial charge in [0.1, 0.15) is 6.04 Å². The third-order valence-corrected chi connectivity index (χ3v) is 8.96. The van der Waals surface area contributed by atoms with Gasteiger partial charge in [0.2, 0.25) is 5.71 Å². The first kappa shape index (κ1) is 32.5. The van der Waals surface area contributed by atoms with Gasteiger partial charge in [-0.3, -0.25) is 4.99 Å². The van der Waals surface area contributed by atoms with Crippen LogP contribution in [0.5, 0.6) is 0 Å². The van der Waals surface area contributed by atoms with E-state index in [4.69, 9.17) is 16.6 Å². The molecule has 0 saturated carbocycles. The number of halogens is 1. The van der Waals surface area contributed by atoms with E-state index in [0.717, 1.165) is 77.7 Å². The molecule has 3 aromatic rings. The van der Waals surface area contributed by atoms with Crippen molar-refractivity contribution in [2.75, 3.05) is 56.6 Å². The highest BCUT2D eigenvalue weighted by atomic mass is 35.5. The molecule has 1 heterocycles. The van der Waals surface area contributed by atoms with Crippen molar-refractivity contribution in [2.24, 2.45) is 4.99 Å². The van der Waals surface area contributed by atoms with Crippen molar-refractivity contribution < 1.29 is 4.99 Å². The van der Waals surface area contributed by atoms with Crippen molar-refractivity contribution in [3.63, 3.8) is 0 Å². The Morgan fingerprint density at radius 2 is 1.37 bits per heavy atom. The van der Waals surface area contributed by atoms with Crippen LogP contribution in [0.3, 0.4) is 0 Å². The average Bonchev–Trinajstić information content (AvgIpc) is 3.03. The molecule has 1 aliphatic heterocycles. The zero-order valence-corrected chi connectivity index (χ0v) is 27.9. The fourth-order valence-electron chi connectivity index (χ4n) is 5.59. The Bertz CT molecular complexity index is 1480. The van der Waals surface area contributed by atoms with E-state index in [2.05, 4.69) is 129 Å². The van der Waals surface area contributed by atoms with E-state index < -0.39 is 0 Å². The zero-order valence-electron chi connectivity index (χ0n) is 27.1. The molecule has 5 nitrogen and oxygen atoms in total. The van der Waals surface area contributed by atoms with Crippen LogP contribution in [-0.4, -0.2) is 63.5 Å². The Morgan fingerprint density at radius 1 is 0.814 bits per heavy atom. The van der Waals surface area contributed by atoms with Gasteiger partial charge in [0.15, 0.2) is 0 Å². The van der Waals surface area contributed by atoms with E-state index in [9.17, 15) is 0 Å². The fraction of sp³-hybridized carbons (Fsp3) is 0.405. The van der Waals surface area contributed by atoms with Crippen molar-refractivity contribution in [1.82, 2.24) is 4.90 Å². The van der Waals surface area contributed by atoms with Crippen LogP contribution in [-0.2, 0) is 0 Å². The summed E-state index contributed by atoms with van der Waals surface area (Å²) in [6.07, 6.45) is 6.24. The summed E-state index contributed by atoms with van der Waals surface area (Å²) < 4.78 is 0. The highest BCUT2D eigenvalue weighted by Crippen LogP contribution is 2.26. The molecule has 228 valence electrons. The monoisotopic (exact) mass is 598 g/mol. The Morgan fingerprint density at radius 3 is 1.88 bits per heavy atom. The minimum absolute atomic E-state index is 0.343. The number of hydrogen-bond acceptors (Lipinski definition) is 4. The van der Waals surface area contributed by atoms with Gasteiger partial charge >= 0.3 is 0 Å². The SMILES string of the molecule is CCN(CC)CCCC(C)[NH+]=C1C=CN=c2cc(Cl)c(=C(c3ccc(N(C)CC)cc3)c3ccc(N(C)CC)cc3)cc21. The van der Waals surface area contributed by atoms with Gasteiger partial charge in [-0.1, -0.05) is 49.7 Å². The number of fused-ring (bicyclic) bond motifs is 1. The van der Waals surface area contributed by atoms with Crippen LogP contribution in [0, 0.1) is 0 Å². The molecular weight excluding hydrogens is 550 g/mol. The van der Waals surface area contributed by atoms with E-state index in [-0.39, 0.29) is 0 Å². The molecule has 0 spiro atoms. The molecular formula is C37H49ClN5+. The number of nitrogens with zero attached hydrogens (tertiary/aromatic N) is 4. The minimum atomic E-state index is 0.343. The molecule has 4 rings (SSSR count). The predicted molar refractivity (Wildman–Crippen MR) is 185 cm³/mol. The fourth-order valence-corrected chi connectivity index (χ4v) is 5.84. The number of benzene rings is 3. The van der Waals surface area contributed by atoms with Gasteiger partial charge in [0.05, 0.1) is 15.9 Å². The lowest BCUT2D eigenvalue weighted by molar-refractivity contribution is -0.498. The number of hydrogen-bond donors (Lipinski definition) is 1. The summed E-state index contributed by atoms with van der Waals surface area (Å²) in [6.45, 7) is 16.3. The smallest absolute Gasteiger partial charge is 0.209 e. The van der Waals surface area contributed by atoms with Gasteiger partial charge in [-0.25, -0.2) is 4.99 Å². The summed E-state index contributed by atoms with van der Waals surface area (Å²) in [4.78, 5) is 15.5. The Hall–Kier alpha value is -3.41. The predicted octanol–water partition coefficient (Wildman–Crippen LogP) is 5.03. The third-order valence-electron chi connectivity index (χ3n) is 8.65. The zero-order chi connectivity index (χ0) is 30.9. The lowest BCUT2D eigenvalue weighted by atomic mass is 9.93. The van der Waals surface area contributed by atoms with Crippen LogP contribution >= 0.6 is 11.6 Å². The maximum atomic E-state index is 7.09. The van der Waals surface area contributed by atoms with Gasteiger partial charge < -0.3 is 14.7 Å². The van der Waals surface area contributed by atoms with Gasteiger partial charge in [-0.05, 0) is 99.9 Å². The Kier molecular flexibility index (Phi) is 11.6. The first-order chi connectivity index (χ1) is 20.8. The molecule has 0 aliphatic carbocycles. The second kappa shape index (κ2) is 15.4. The molecule has 0 amide bonds. The highest BCUT2D eigenvalue weighted by molar-refractivity contribution is 6.31. The first-order valence-corrected chi connectivity index (χ1v) is 16.2. The third kappa shape index (κ3) is 7.95. The molecule has 1 N–H and O–H groups in total. The van der Waals surface area contributed by atoms with Gasteiger partial charge in [0, 0.05) is 62.5 Å². The van der Waals surface area contributed by atoms with E-state index >= 15 is 0 Å². The average molecular weight is 599 g/mol. The molecule has 0 aromatic heterocycles. The largest absolute Gasteiger partial charge is 0.375 e. The number of nitrogens with one attached hydrogen (secondary N) is 1. The lowest BCUT2D eigenvalue weighted by Gasteiger charge is -2.19. The molecule has 1 unspecified atom stereocenters. The maximum Gasteiger partial charge on any atom is 0.209 e. The van der Waals surface area contributed by atoms with Gasteiger partial charge in [-0.2, -0.15) is 0 Å². The van der Waals surface area contributed by atoms with E-state index in [1.165, 1.54) is 17.8 Å². The standard InChI is InChI=1S/C37H48ClN5/c1-8-41(6)30-18-14-28(15-19-30)37(29-16-20-31(21-17-29)42(7)9-2)32-25-33-35(22-23-39-36(33)26-34(32)38)40-27(5)13-12-24-43(10-3)11-4/h14-23,25-27H,8-13,24H2,1-7H3/p+1. The summed E-state index contributed by atoms with van der Waals surface area (Å²) in [7, 11) is 4.24. The van der Waals surface area contributed by atoms with Crippen LogP contribution in [0.4, 0.5) is 11.4 Å². The maximum absolute atomic E-state index is 7.09. The van der Waals surface area contributed by atoms with Crippen molar-refractivity contribution >= 4 is 34.3 Å². The van der Waals surface area contributed by atoms with Gasteiger partial charge in [-0.15, -0.1) is 0 Å². The molecule has 6 heteroatoms. The van der Waals surface area contributed by atoms with Crippen LogP contribution in [0.15, 0.2) is 77.9 Å². The van der Waals surface area contributed by atoms with E-state index in [0.29, 0.717) is 11.1 Å². The van der Waals surface area contributed by atoms with Crippen LogP contribution in [0.1, 0.15) is 64.2 Å². The summed E-state index contributed by atoms with van der Waals surface area (Å²) in [5.41, 5.74) is 7.95. The van der Waals surface area contributed by atoms with Crippen molar-refractivity contribution in [3.05, 3.63) is 105 Å². The normalized spacial score (nSPS) is 14.0. The molecule has 0 fully saturated rings. The Labute approximate surface area is 263 Å². The quantitative estimate of drug-likeness (QED) is 0.300. The molecule has 43 heavy (non-hydrogen) atoms. The summed E-state index contributed by atoms with van der Waals surface area (Å²) in [5, 5.41) is 2.60. The summed E-state index contributed by atoms with van der Waals surface area (Å²) in [5.74, 6) is 0. The number of allylic oxidation sites excluding steroid dienone is 1. The number of rotatable bonds is 13. The molecule has 0 bridgehead atoms. The first-order valence-electron chi connectivity index (χ1n) is 15.9. The van der Waals surface area contributed by atoms with Crippen LogP contribution in [0.25, 0.3) is 5.57 Å². The molecule has 1 atom stereocenters. The topological polar surface area (TPSA) is 36.1 Å². The highest BCUT2D eigenvalue weighted by Gasteiger charge is 2.19. The lowest BCUT2D eigenvalue weighted by Crippen LogP contribution is -2.79. The van der Waals surface area contributed by atoms with E-state index in [1.807, 2.05) is 12.3 Å². The van der Waals surface area contributed by atoms with E-state index in [1.54, 1.807) is 0 Å².